The molecule has 0 amide bonds. The molecule has 0 radical (unpaired) electrons. The molecule has 1 aromatic heterocycles. The van der Waals surface area contributed by atoms with Crippen molar-refractivity contribution in [3.63, 3.8) is 0 Å². The Morgan fingerprint density at radius 2 is 2.29 bits per heavy atom. The summed E-state index contributed by atoms with van der Waals surface area (Å²) >= 11 is 0. The summed E-state index contributed by atoms with van der Waals surface area (Å²) < 4.78 is 5.54. The molecule has 0 saturated carbocycles. The van der Waals surface area contributed by atoms with Crippen LogP contribution >= 0.6 is 0 Å². The highest BCUT2D eigenvalue weighted by Crippen LogP contribution is 2.24. The van der Waals surface area contributed by atoms with Gasteiger partial charge in [-0.15, -0.1) is 0 Å². The fourth-order valence-corrected chi connectivity index (χ4v) is 2.30. The highest BCUT2D eigenvalue weighted by atomic mass is 16.6. The third-order valence-electron chi connectivity index (χ3n) is 3.41. The van der Waals surface area contributed by atoms with Crippen molar-refractivity contribution in [2.75, 3.05) is 30.3 Å². The van der Waals surface area contributed by atoms with Crippen molar-refractivity contribution in [2.24, 2.45) is 0 Å². The smallest absolute Gasteiger partial charge is 0.311 e. The van der Waals surface area contributed by atoms with Crippen molar-refractivity contribution in [3.05, 3.63) is 22.2 Å². The first kappa shape index (κ1) is 15.5. The van der Waals surface area contributed by atoms with Crippen molar-refractivity contribution < 1.29 is 9.66 Å². The number of rotatable bonds is 8. The summed E-state index contributed by atoms with van der Waals surface area (Å²) in [6.07, 6.45) is 4.23. The van der Waals surface area contributed by atoms with Gasteiger partial charge in [0.05, 0.1) is 11.0 Å². The van der Waals surface area contributed by atoms with Gasteiger partial charge in [-0.2, -0.15) is 0 Å². The fraction of sp³-hybridized carbons (Fsp3) is 0.643. The van der Waals surface area contributed by atoms with Crippen molar-refractivity contribution in [1.82, 2.24) is 4.98 Å². The Kier molecular flexibility index (Phi) is 5.74. The maximum atomic E-state index is 11.0. The van der Waals surface area contributed by atoms with Crippen LogP contribution in [0.5, 0.6) is 0 Å². The summed E-state index contributed by atoms with van der Waals surface area (Å²) in [6, 6.07) is 3.12. The number of pyridine rings is 1. The van der Waals surface area contributed by atoms with E-state index in [4.69, 9.17) is 4.74 Å². The van der Waals surface area contributed by atoms with Gasteiger partial charge in [-0.25, -0.2) is 4.98 Å². The summed E-state index contributed by atoms with van der Waals surface area (Å²) in [5.74, 6) is 0.973. The zero-order valence-electron chi connectivity index (χ0n) is 12.3. The molecular formula is C14H22N4O3. The minimum Gasteiger partial charge on any atom is -0.378 e. The molecule has 7 heteroatoms. The first-order chi connectivity index (χ1) is 10.2. The molecule has 2 rings (SSSR count). The number of nitrogens with one attached hydrogen (secondary N) is 2. The molecule has 1 atom stereocenters. The maximum absolute atomic E-state index is 11.0. The summed E-state index contributed by atoms with van der Waals surface area (Å²) in [5, 5.41) is 17.2. The van der Waals surface area contributed by atoms with Gasteiger partial charge in [0.2, 0.25) is 5.82 Å². The Morgan fingerprint density at radius 3 is 2.95 bits per heavy atom. The summed E-state index contributed by atoms with van der Waals surface area (Å²) in [6.45, 7) is 4.29. The summed E-state index contributed by atoms with van der Waals surface area (Å²) in [5.41, 5.74) is 0.00406. The van der Waals surface area contributed by atoms with Crippen LogP contribution < -0.4 is 10.6 Å². The quantitative estimate of drug-likeness (QED) is 0.566. The van der Waals surface area contributed by atoms with Gasteiger partial charge in [-0.05, 0) is 31.7 Å². The minimum atomic E-state index is -0.412. The molecule has 1 aromatic rings. The highest BCUT2D eigenvalue weighted by molar-refractivity contribution is 5.60. The molecule has 116 valence electrons. The van der Waals surface area contributed by atoms with Crippen molar-refractivity contribution in [1.29, 1.82) is 0 Å². The highest BCUT2D eigenvalue weighted by Gasteiger charge is 2.18. The van der Waals surface area contributed by atoms with Crippen LogP contribution in [-0.4, -0.2) is 35.7 Å². The Balaban J connectivity index is 1.97. The normalized spacial score (nSPS) is 17.7. The lowest BCUT2D eigenvalue weighted by molar-refractivity contribution is -0.384. The van der Waals surface area contributed by atoms with Gasteiger partial charge in [0.15, 0.2) is 0 Å². The monoisotopic (exact) mass is 294 g/mol. The molecule has 1 aliphatic heterocycles. The van der Waals surface area contributed by atoms with Crippen LogP contribution in [-0.2, 0) is 4.74 Å². The molecule has 1 saturated heterocycles. The number of hydrogen-bond acceptors (Lipinski definition) is 6. The predicted octanol–water partition coefficient (Wildman–Crippen LogP) is 2.79. The lowest BCUT2D eigenvalue weighted by Gasteiger charge is -2.12. The Morgan fingerprint density at radius 1 is 1.43 bits per heavy atom. The third kappa shape index (κ3) is 4.56. The van der Waals surface area contributed by atoms with Crippen LogP contribution in [0.25, 0.3) is 0 Å². The predicted molar refractivity (Wildman–Crippen MR) is 81.8 cm³/mol. The molecule has 21 heavy (non-hydrogen) atoms. The second-order valence-corrected chi connectivity index (χ2v) is 5.10. The van der Waals surface area contributed by atoms with E-state index in [1.807, 2.05) is 0 Å². The Labute approximate surface area is 124 Å². The third-order valence-corrected chi connectivity index (χ3v) is 3.41. The number of hydrogen-bond donors (Lipinski definition) is 2. The van der Waals surface area contributed by atoms with Crippen LogP contribution in [0.2, 0.25) is 0 Å². The molecule has 0 spiro atoms. The number of nitrogens with zero attached hydrogens (tertiary/aromatic N) is 2. The van der Waals surface area contributed by atoms with Crippen LogP contribution in [0.4, 0.5) is 17.3 Å². The van der Waals surface area contributed by atoms with Gasteiger partial charge in [0.25, 0.3) is 0 Å². The van der Waals surface area contributed by atoms with E-state index in [1.54, 1.807) is 6.07 Å². The average molecular weight is 294 g/mol. The molecule has 7 nitrogen and oxygen atoms in total. The van der Waals surface area contributed by atoms with Gasteiger partial charge in [-0.3, -0.25) is 10.1 Å². The second kappa shape index (κ2) is 7.78. The van der Waals surface area contributed by atoms with E-state index in [-0.39, 0.29) is 11.8 Å². The van der Waals surface area contributed by atoms with E-state index in [9.17, 15) is 10.1 Å². The molecule has 0 aliphatic carbocycles. The topological polar surface area (TPSA) is 89.3 Å². The van der Waals surface area contributed by atoms with E-state index in [0.29, 0.717) is 18.2 Å². The average Bonchev–Trinajstić information content (AvgIpc) is 2.98. The first-order valence-corrected chi connectivity index (χ1v) is 7.45. The molecular weight excluding hydrogens is 272 g/mol. The van der Waals surface area contributed by atoms with Crippen molar-refractivity contribution in [2.45, 2.75) is 38.7 Å². The van der Waals surface area contributed by atoms with Crippen LogP contribution in [0, 0.1) is 10.1 Å². The Bertz CT molecular complexity index is 475. The SMILES string of the molecule is CCCNc1ccc([N+](=O)[O-])c(NCCC2CCCO2)n1. The van der Waals surface area contributed by atoms with Gasteiger partial charge in [-0.1, -0.05) is 6.92 Å². The van der Waals surface area contributed by atoms with Crippen LogP contribution in [0.3, 0.4) is 0 Å². The number of nitro groups is 1. The van der Waals surface area contributed by atoms with Crippen LogP contribution in [0.1, 0.15) is 32.6 Å². The van der Waals surface area contributed by atoms with Gasteiger partial charge in [0.1, 0.15) is 5.82 Å². The molecule has 0 aromatic carbocycles. The lowest BCUT2D eigenvalue weighted by Crippen LogP contribution is -2.14. The molecule has 2 N–H and O–H groups in total. The largest absolute Gasteiger partial charge is 0.378 e. The Hall–Kier alpha value is -1.89. The zero-order chi connectivity index (χ0) is 15.1. The number of aromatic nitrogens is 1. The van der Waals surface area contributed by atoms with Crippen molar-refractivity contribution in [3.8, 4) is 0 Å². The van der Waals surface area contributed by atoms with Crippen LogP contribution in [0.15, 0.2) is 12.1 Å². The van der Waals surface area contributed by atoms with Crippen molar-refractivity contribution >= 4 is 17.3 Å². The summed E-state index contributed by atoms with van der Waals surface area (Å²) in [4.78, 5) is 14.9. The summed E-state index contributed by atoms with van der Waals surface area (Å²) in [7, 11) is 0. The van der Waals surface area contributed by atoms with Gasteiger partial charge >= 0.3 is 5.69 Å². The van der Waals surface area contributed by atoms with E-state index in [0.717, 1.165) is 38.8 Å². The molecule has 1 unspecified atom stereocenters. The first-order valence-electron chi connectivity index (χ1n) is 7.45. The molecule has 1 aliphatic rings. The lowest BCUT2D eigenvalue weighted by atomic mass is 10.2. The molecule has 0 bridgehead atoms. The van der Waals surface area contributed by atoms with Gasteiger partial charge < -0.3 is 15.4 Å². The standard InChI is InChI=1S/C14H22N4O3/c1-2-8-15-13-6-5-12(18(19)20)14(17-13)16-9-7-11-4-3-10-21-11/h5-6,11H,2-4,7-10H2,1H3,(H2,15,16,17). The fourth-order valence-electron chi connectivity index (χ4n) is 2.30. The van der Waals surface area contributed by atoms with E-state index in [2.05, 4.69) is 22.5 Å². The number of ether oxygens (including phenoxy) is 1. The van der Waals surface area contributed by atoms with Gasteiger partial charge in [0, 0.05) is 25.8 Å². The zero-order valence-corrected chi connectivity index (χ0v) is 12.3. The van der Waals surface area contributed by atoms with E-state index >= 15 is 0 Å². The van der Waals surface area contributed by atoms with E-state index < -0.39 is 4.92 Å². The van der Waals surface area contributed by atoms with E-state index in [1.165, 1.54) is 6.07 Å². The molecule has 2 heterocycles. The molecule has 1 fully saturated rings. The maximum Gasteiger partial charge on any atom is 0.311 e. The minimum absolute atomic E-state index is 0.00406. The second-order valence-electron chi connectivity index (χ2n) is 5.10. The number of anilines is 2.